The van der Waals surface area contributed by atoms with Crippen LogP contribution >= 0.6 is 0 Å². The molecule has 0 aliphatic carbocycles. The van der Waals surface area contributed by atoms with Crippen molar-refractivity contribution in [3.8, 4) is 17.1 Å². The molecule has 3 aromatic rings. The predicted octanol–water partition coefficient (Wildman–Crippen LogP) is 4.58. The van der Waals surface area contributed by atoms with Crippen LogP contribution in [0.25, 0.3) is 11.4 Å². The van der Waals surface area contributed by atoms with Crippen LogP contribution in [0.4, 0.5) is 5.69 Å². The largest absolute Gasteiger partial charge is 0.493 e. The van der Waals surface area contributed by atoms with E-state index >= 15 is 0 Å². The molecule has 1 amide bonds. The predicted molar refractivity (Wildman–Crippen MR) is 130 cm³/mol. The van der Waals surface area contributed by atoms with Crippen molar-refractivity contribution in [3.05, 3.63) is 60.0 Å². The summed E-state index contributed by atoms with van der Waals surface area (Å²) in [5, 5.41) is 3.92. The van der Waals surface area contributed by atoms with Gasteiger partial charge in [-0.1, -0.05) is 51.1 Å². The Kier molecular flexibility index (Phi) is 6.82. The maximum Gasteiger partial charge on any atom is 0.295 e. The molecule has 35 heavy (non-hydrogen) atoms. The third-order valence-corrected chi connectivity index (χ3v) is 5.92. The number of benzene rings is 2. The Morgan fingerprint density at radius 1 is 1.06 bits per heavy atom. The van der Waals surface area contributed by atoms with Crippen LogP contribution in [-0.2, 0) is 14.4 Å². The van der Waals surface area contributed by atoms with Crippen molar-refractivity contribution in [1.29, 1.82) is 0 Å². The normalized spacial score (nSPS) is 18.1. The van der Waals surface area contributed by atoms with Crippen LogP contribution in [0.3, 0.4) is 0 Å². The van der Waals surface area contributed by atoms with Crippen LogP contribution in [0.1, 0.15) is 45.2 Å². The molecule has 8 nitrogen and oxygen atoms in total. The van der Waals surface area contributed by atoms with E-state index in [-0.39, 0.29) is 11.7 Å². The zero-order valence-electron chi connectivity index (χ0n) is 20.5. The van der Waals surface area contributed by atoms with Crippen LogP contribution in [0.15, 0.2) is 53.1 Å². The maximum atomic E-state index is 13.3. The molecule has 4 rings (SSSR count). The first-order chi connectivity index (χ1) is 16.7. The van der Waals surface area contributed by atoms with Gasteiger partial charge in [-0.15, -0.1) is 0 Å². The van der Waals surface area contributed by atoms with Gasteiger partial charge in [0, 0.05) is 29.7 Å². The summed E-state index contributed by atoms with van der Waals surface area (Å²) >= 11 is 0. The highest BCUT2D eigenvalue weighted by molar-refractivity contribution is 6.48. The summed E-state index contributed by atoms with van der Waals surface area (Å²) in [7, 11) is 0. The van der Waals surface area contributed by atoms with Crippen molar-refractivity contribution >= 4 is 23.2 Å². The zero-order chi connectivity index (χ0) is 25.3. The van der Waals surface area contributed by atoms with Gasteiger partial charge in [0.1, 0.15) is 17.5 Å². The molecule has 0 spiro atoms. The van der Waals surface area contributed by atoms with Crippen LogP contribution in [-0.4, -0.2) is 34.2 Å². The second-order valence-electron chi connectivity index (χ2n) is 9.45. The first kappa shape index (κ1) is 24.3. The molecule has 0 N–H and O–H groups in total. The molecule has 2 atom stereocenters. The number of aryl methyl sites for hydroxylation is 1. The number of rotatable bonds is 8. The van der Waals surface area contributed by atoms with E-state index < -0.39 is 29.6 Å². The van der Waals surface area contributed by atoms with Gasteiger partial charge in [-0.2, -0.15) is 4.98 Å². The van der Waals surface area contributed by atoms with Gasteiger partial charge in [0.15, 0.2) is 0 Å². The van der Waals surface area contributed by atoms with Crippen molar-refractivity contribution in [2.45, 2.75) is 40.7 Å². The van der Waals surface area contributed by atoms with E-state index in [4.69, 9.17) is 9.26 Å². The first-order valence-corrected chi connectivity index (χ1v) is 11.7. The summed E-state index contributed by atoms with van der Waals surface area (Å²) in [6.45, 7) is 9.72. The standard InChI is InChI=1S/C27H29N3O5/c1-15(2)14-34-21-9-7-6-8-20(21)23-22(24(31)16(3)4)25(32)27(33)30(23)19-12-10-18(11-13-19)26-28-17(5)35-29-26/h6-13,15-16,22-23H,14H2,1-5H3. The molecule has 0 bridgehead atoms. The van der Waals surface area contributed by atoms with Gasteiger partial charge >= 0.3 is 0 Å². The summed E-state index contributed by atoms with van der Waals surface area (Å²) < 4.78 is 11.1. The van der Waals surface area contributed by atoms with E-state index in [1.54, 1.807) is 45.0 Å². The van der Waals surface area contributed by atoms with E-state index in [9.17, 15) is 14.4 Å². The minimum absolute atomic E-state index is 0.270. The fourth-order valence-corrected chi connectivity index (χ4v) is 4.21. The smallest absolute Gasteiger partial charge is 0.295 e. The van der Waals surface area contributed by atoms with Crippen LogP contribution in [0.5, 0.6) is 5.75 Å². The number of anilines is 1. The molecule has 1 aliphatic rings. The Labute approximate surface area is 204 Å². The number of ketones is 2. The molecule has 0 saturated carbocycles. The third-order valence-electron chi connectivity index (χ3n) is 5.92. The molecule has 1 aliphatic heterocycles. The number of hydrogen-bond acceptors (Lipinski definition) is 7. The van der Waals surface area contributed by atoms with E-state index in [1.807, 2.05) is 38.1 Å². The number of carbonyl (C=O) groups is 3. The number of Topliss-reactive ketones (excluding diaryl/α,β-unsaturated/α-hetero) is 2. The van der Waals surface area contributed by atoms with Crippen LogP contribution in [0.2, 0.25) is 0 Å². The number of nitrogens with zero attached hydrogens (tertiary/aromatic N) is 3. The highest BCUT2D eigenvalue weighted by Crippen LogP contribution is 2.44. The maximum absolute atomic E-state index is 13.3. The van der Waals surface area contributed by atoms with Crippen LogP contribution < -0.4 is 9.64 Å². The highest BCUT2D eigenvalue weighted by atomic mass is 16.5. The van der Waals surface area contributed by atoms with E-state index in [0.717, 1.165) is 0 Å². The number of hydrogen-bond donors (Lipinski definition) is 0. The Hall–Kier alpha value is -3.81. The monoisotopic (exact) mass is 475 g/mol. The second-order valence-corrected chi connectivity index (χ2v) is 9.45. The van der Waals surface area contributed by atoms with Crippen molar-refractivity contribution < 1.29 is 23.6 Å². The minimum Gasteiger partial charge on any atom is -0.493 e. The average molecular weight is 476 g/mol. The van der Waals surface area contributed by atoms with Gasteiger partial charge in [0.2, 0.25) is 17.5 Å². The molecule has 2 aromatic carbocycles. The Morgan fingerprint density at radius 2 is 1.74 bits per heavy atom. The van der Waals surface area contributed by atoms with Gasteiger partial charge in [0.05, 0.1) is 12.6 Å². The molecule has 2 unspecified atom stereocenters. The third kappa shape index (κ3) is 4.73. The fraction of sp³-hybridized carbons (Fsp3) is 0.370. The van der Waals surface area contributed by atoms with Gasteiger partial charge in [-0.25, -0.2) is 0 Å². The summed E-state index contributed by atoms with van der Waals surface area (Å²) in [6.07, 6.45) is 0. The lowest BCUT2D eigenvalue weighted by Crippen LogP contribution is -2.32. The van der Waals surface area contributed by atoms with Crippen molar-refractivity contribution in [2.75, 3.05) is 11.5 Å². The molecule has 1 saturated heterocycles. The summed E-state index contributed by atoms with van der Waals surface area (Å²) in [5.74, 6) is -1.51. The fourth-order valence-electron chi connectivity index (χ4n) is 4.21. The average Bonchev–Trinajstić information content (AvgIpc) is 3.38. The molecule has 8 heteroatoms. The van der Waals surface area contributed by atoms with Crippen molar-refractivity contribution in [1.82, 2.24) is 10.1 Å². The molecule has 2 heterocycles. The number of para-hydroxylation sites is 1. The molecular formula is C27H29N3O5. The minimum atomic E-state index is -1.12. The Bertz CT molecular complexity index is 1250. The quantitative estimate of drug-likeness (QED) is 0.347. The molecule has 1 fully saturated rings. The summed E-state index contributed by atoms with van der Waals surface area (Å²) in [6, 6.07) is 13.4. The lowest BCUT2D eigenvalue weighted by Gasteiger charge is -2.29. The highest BCUT2D eigenvalue weighted by Gasteiger charge is 2.53. The molecule has 182 valence electrons. The molecular weight excluding hydrogens is 446 g/mol. The van der Waals surface area contributed by atoms with Gasteiger partial charge < -0.3 is 9.26 Å². The first-order valence-electron chi connectivity index (χ1n) is 11.7. The second kappa shape index (κ2) is 9.82. The summed E-state index contributed by atoms with van der Waals surface area (Å²) in [5.41, 5.74) is 1.83. The van der Waals surface area contributed by atoms with E-state index in [2.05, 4.69) is 10.1 Å². The van der Waals surface area contributed by atoms with Gasteiger partial charge in [0.25, 0.3) is 5.91 Å². The van der Waals surface area contributed by atoms with Crippen LogP contribution in [0, 0.1) is 24.7 Å². The number of amides is 1. The Morgan fingerprint density at radius 3 is 2.34 bits per heavy atom. The van der Waals surface area contributed by atoms with E-state index in [0.29, 0.717) is 40.9 Å². The zero-order valence-corrected chi connectivity index (χ0v) is 20.5. The number of ether oxygens (including phenoxy) is 1. The van der Waals surface area contributed by atoms with Crippen molar-refractivity contribution in [3.63, 3.8) is 0 Å². The molecule has 1 aromatic heterocycles. The summed E-state index contributed by atoms with van der Waals surface area (Å²) in [4.78, 5) is 45.4. The van der Waals surface area contributed by atoms with Crippen molar-refractivity contribution in [2.24, 2.45) is 17.8 Å². The SMILES string of the molecule is Cc1nc(-c2ccc(N3C(=O)C(=O)C(C(=O)C(C)C)C3c3ccccc3OCC(C)C)cc2)no1. The topological polar surface area (TPSA) is 103 Å². The lowest BCUT2D eigenvalue weighted by molar-refractivity contribution is -0.139. The molecule has 0 radical (unpaired) electrons. The van der Waals surface area contributed by atoms with Gasteiger partial charge in [-0.05, 0) is 36.2 Å². The number of aromatic nitrogens is 2. The van der Waals surface area contributed by atoms with E-state index in [1.165, 1.54) is 4.90 Å². The van der Waals surface area contributed by atoms with Gasteiger partial charge in [-0.3, -0.25) is 19.3 Å². The lowest BCUT2D eigenvalue weighted by atomic mass is 9.84. The number of carbonyl (C=O) groups excluding carboxylic acids is 3. The Balaban J connectivity index is 1.80.